The van der Waals surface area contributed by atoms with Crippen molar-refractivity contribution in [2.75, 3.05) is 31.6 Å². The molecule has 2 aromatic rings. The molecule has 1 unspecified atom stereocenters. The zero-order valence-corrected chi connectivity index (χ0v) is 18.8. The van der Waals surface area contributed by atoms with Gasteiger partial charge in [-0.3, -0.25) is 19.3 Å². The van der Waals surface area contributed by atoms with Crippen LogP contribution in [-0.2, 0) is 11.3 Å². The molecule has 0 aliphatic carbocycles. The van der Waals surface area contributed by atoms with Crippen LogP contribution in [0, 0.1) is 12.8 Å². The zero-order chi connectivity index (χ0) is 22.8. The van der Waals surface area contributed by atoms with E-state index in [1.165, 1.54) is 4.90 Å². The molecule has 0 saturated carbocycles. The minimum atomic E-state index is -0.350. The topological polar surface area (TPSA) is 99.9 Å². The van der Waals surface area contributed by atoms with Gasteiger partial charge in [-0.2, -0.15) is 0 Å². The van der Waals surface area contributed by atoms with E-state index in [9.17, 15) is 14.4 Å². The molecule has 32 heavy (non-hydrogen) atoms. The predicted octanol–water partition coefficient (Wildman–Crippen LogP) is 2.65. The summed E-state index contributed by atoms with van der Waals surface area (Å²) in [6.45, 7) is 5.89. The van der Waals surface area contributed by atoms with E-state index in [2.05, 4.69) is 22.1 Å². The van der Waals surface area contributed by atoms with Crippen LogP contribution in [0.5, 0.6) is 0 Å². The van der Waals surface area contributed by atoms with Crippen molar-refractivity contribution in [3.8, 4) is 0 Å². The second-order valence-corrected chi connectivity index (χ2v) is 8.59. The third-order valence-electron chi connectivity index (χ3n) is 6.37. The molecule has 2 aliphatic heterocycles. The van der Waals surface area contributed by atoms with Crippen LogP contribution < -0.4 is 4.90 Å². The first-order chi connectivity index (χ1) is 15.4. The molecule has 0 N–H and O–H groups in total. The number of rotatable bonds is 7. The van der Waals surface area contributed by atoms with Crippen LogP contribution in [0.25, 0.3) is 0 Å². The Balaban J connectivity index is 1.56. The van der Waals surface area contributed by atoms with E-state index in [1.54, 1.807) is 19.1 Å². The molecule has 4 rings (SSSR count). The van der Waals surface area contributed by atoms with Crippen molar-refractivity contribution in [2.24, 2.45) is 5.92 Å². The molecule has 0 bridgehead atoms. The molecule has 170 valence electrons. The monoisotopic (exact) mass is 439 g/mol. The van der Waals surface area contributed by atoms with Gasteiger partial charge in [0.1, 0.15) is 11.4 Å². The number of unbranched alkanes of at least 4 members (excludes halogenated alkanes) is 1. The summed E-state index contributed by atoms with van der Waals surface area (Å²) >= 11 is 0. The highest BCUT2D eigenvalue weighted by Crippen LogP contribution is 2.35. The van der Waals surface area contributed by atoms with Crippen LogP contribution in [-0.4, -0.2) is 64.5 Å². The number of carbonyl (C=O) groups is 3. The van der Waals surface area contributed by atoms with Crippen LogP contribution in [0.2, 0.25) is 0 Å². The minimum Gasteiger partial charge on any atom is -0.370 e. The second kappa shape index (κ2) is 9.10. The standard InChI is InChI=1S/C23H29N5O4/c1-4-5-11-26(3)21(29)16-8-7-12-27(13-16)19-10-6-9-17-20(19)23(31)28(22(17)30)14-18-15(2)24-32-25-18/h6,9-10,16H,4-5,7-8,11-14H2,1-3H3. The summed E-state index contributed by atoms with van der Waals surface area (Å²) in [6, 6.07) is 5.34. The average Bonchev–Trinajstić information content (AvgIpc) is 3.33. The summed E-state index contributed by atoms with van der Waals surface area (Å²) in [7, 11) is 1.86. The van der Waals surface area contributed by atoms with E-state index in [-0.39, 0.29) is 30.2 Å². The van der Waals surface area contributed by atoms with Gasteiger partial charge >= 0.3 is 0 Å². The number of carbonyl (C=O) groups excluding carboxylic acids is 3. The van der Waals surface area contributed by atoms with Crippen LogP contribution >= 0.6 is 0 Å². The van der Waals surface area contributed by atoms with Crippen LogP contribution in [0.15, 0.2) is 22.8 Å². The Morgan fingerprint density at radius 1 is 1.25 bits per heavy atom. The van der Waals surface area contributed by atoms with Crippen LogP contribution in [0.1, 0.15) is 64.7 Å². The highest BCUT2D eigenvalue weighted by molar-refractivity contribution is 6.23. The molecule has 0 spiro atoms. The Morgan fingerprint density at radius 2 is 2.06 bits per heavy atom. The molecule has 0 radical (unpaired) electrons. The van der Waals surface area contributed by atoms with Crippen molar-refractivity contribution < 1.29 is 19.0 Å². The van der Waals surface area contributed by atoms with Gasteiger partial charge in [0.25, 0.3) is 11.8 Å². The lowest BCUT2D eigenvalue weighted by molar-refractivity contribution is -0.134. The third-order valence-corrected chi connectivity index (χ3v) is 6.37. The van der Waals surface area contributed by atoms with Gasteiger partial charge in [0.2, 0.25) is 5.91 Å². The Hall–Kier alpha value is -3.23. The Labute approximate surface area is 187 Å². The largest absolute Gasteiger partial charge is 0.370 e. The number of amides is 3. The number of aryl methyl sites for hydroxylation is 1. The van der Waals surface area contributed by atoms with Crippen molar-refractivity contribution in [1.82, 2.24) is 20.1 Å². The number of fused-ring (bicyclic) bond motifs is 1. The van der Waals surface area contributed by atoms with E-state index >= 15 is 0 Å². The van der Waals surface area contributed by atoms with E-state index in [1.807, 2.05) is 18.0 Å². The Kier molecular flexibility index (Phi) is 6.25. The first-order valence-corrected chi connectivity index (χ1v) is 11.2. The number of anilines is 1. The van der Waals surface area contributed by atoms with Gasteiger partial charge in [-0.25, -0.2) is 4.63 Å². The second-order valence-electron chi connectivity index (χ2n) is 8.59. The van der Waals surface area contributed by atoms with Crippen LogP contribution in [0.4, 0.5) is 5.69 Å². The van der Waals surface area contributed by atoms with Crippen LogP contribution in [0.3, 0.4) is 0 Å². The lowest BCUT2D eigenvalue weighted by Gasteiger charge is -2.36. The number of benzene rings is 1. The summed E-state index contributed by atoms with van der Waals surface area (Å²) in [5, 5.41) is 7.53. The van der Waals surface area contributed by atoms with Gasteiger partial charge in [-0.15, -0.1) is 0 Å². The molecule has 1 saturated heterocycles. The molecule has 1 aromatic heterocycles. The maximum absolute atomic E-state index is 13.3. The van der Waals surface area contributed by atoms with Crippen molar-refractivity contribution in [3.63, 3.8) is 0 Å². The third kappa shape index (κ3) is 3.99. The quantitative estimate of drug-likeness (QED) is 0.612. The summed E-state index contributed by atoms with van der Waals surface area (Å²) in [5.41, 5.74) is 2.51. The molecular formula is C23H29N5O4. The smallest absolute Gasteiger partial charge is 0.264 e. The molecular weight excluding hydrogens is 410 g/mol. The van der Waals surface area contributed by atoms with E-state index in [4.69, 9.17) is 4.63 Å². The Bertz CT molecular complexity index is 1030. The summed E-state index contributed by atoms with van der Waals surface area (Å²) in [5.74, 6) is -0.669. The van der Waals surface area contributed by atoms with Crippen molar-refractivity contribution in [1.29, 1.82) is 0 Å². The SMILES string of the molecule is CCCCN(C)C(=O)C1CCCN(c2cccc3c2C(=O)N(Cc2nonc2C)C3=O)C1. The first-order valence-electron chi connectivity index (χ1n) is 11.2. The number of hydrogen-bond donors (Lipinski definition) is 0. The number of hydrogen-bond acceptors (Lipinski definition) is 7. The molecule has 3 amide bonds. The molecule has 2 aliphatic rings. The fraction of sp³-hybridized carbons (Fsp3) is 0.522. The predicted molar refractivity (Wildman–Crippen MR) is 117 cm³/mol. The highest BCUT2D eigenvalue weighted by Gasteiger charge is 2.40. The number of aromatic nitrogens is 2. The maximum Gasteiger partial charge on any atom is 0.264 e. The summed E-state index contributed by atoms with van der Waals surface area (Å²) in [4.78, 5) is 44.3. The fourth-order valence-corrected chi connectivity index (χ4v) is 4.48. The number of piperidine rings is 1. The van der Waals surface area contributed by atoms with Gasteiger partial charge in [0.15, 0.2) is 0 Å². The normalized spacial score (nSPS) is 18.3. The molecule has 9 heteroatoms. The maximum atomic E-state index is 13.3. The van der Waals surface area contributed by atoms with Gasteiger partial charge < -0.3 is 9.80 Å². The minimum absolute atomic E-state index is 0.0183. The van der Waals surface area contributed by atoms with E-state index in [0.29, 0.717) is 34.7 Å². The Morgan fingerprint density at radius 3 is 2.78 bits per heavy atom. The number of imide groups is 1. The highest BCUT2D eigenvalue weighted by atomic mass is 16.6. The fourth-order valence-electron chi connectivity index (χ4n) is 4.48. The van der Waals surface area contributed by atoms with Gasteiger partial charge in [-0.05, 0) is 38.3 Å². The molecule has 9 nitrogen and oxygen atoms in total. The van der Waals surface area contributed by atoms with E-state index in [0.717, 1.165) is 38.8 Å². The van der Waals surface area contributed by atoms with Gasteiger partial charge in [-0.1, -0.05) is 29.7 Å². The molecule has 1 fully saturated rings. The van der Waals surface area contributed by atoms with Gasteiger partial charge in [0.05, 0.1) is 29.3 Å². The molecule has 1 atom stereocenters. The van der Waals surface area contributed by atoms with E-state index < -0.39 is 0 Å². The van der Waals surface area contributed by atoms with Crippen molar-refractivity contribution >= 4 is 23.4 Å². The summed E-state index contributed by atoms with van der Waals surface area (Å²) < 4.78 is 4.71. The lowest BCUT2D eigenvalue weighted by Crippen LogP contribution is -2.44. The molecule has 3 heterocycles. The summed E-state index contributed by atoms with van der Waals surface area (Å²) in [6.07, 6.45) is 3.72. The lowest BCUT2D eigenvalue weighted by atomic mass is 9.95. The van der Waals surface area contributed by atoms with Crippen molar-refractivity contribution in [2.45, 2.75) is 46.1 Å². The average molecular weight is 440 g/mol. The number of nitrogens with zero attached hydrogens (tertiary/aromatic N) is 5. The van der Waals surface area contributed by atoms with Crippen molar-refractivity contribution in [3.05, 3.63) is 40.7 Å². The zero-order valence-electron chi connectivity index (χ0n) is 18.8. The first kappa shape index (κ1) is 22.0. The van der Waals surface area contributed by atoms with Gasteiger partial charge in [0, 0.05) is 26.7 Å². The molecule has 1 aromatic carbocycles.